The molecule has 2 fully saturated rings. The molecule has 2 saturated heterocycles. The van der Waals surface area contributed by atoms with E-state index in [-0.39, 0.29) is 46.8 Å². The molecule has 0 radical (unpaired) electrons. The van der Waals surface area contributed by atoms with Gasteiger partial charge in [0.2, 0.25) is 0 Å². The Hall–Kier alpha value is -2.57. The van der Waals surface area contributed by atoms with Crippen LogP contribution < -0.4 is 11.5 Å². The van der Waals surface area contributed by atoms with Gasteiger partial charge in [0.1, 0.15) is 48.4 Å². The summed E-state index contributed by atoms with van der Waals surface area (Å²) >= 11 is 0. The molecular weight excluding hydrogens is 842 g/mol. The molecule has 0 aliphatic carbocycles. The van der Waals surface area contributed by atoms with Gasteiger partial charge in [-0.1, -0.05) is 0 Å². The number of aromatic nitrogens is 8. The second kappa shape index (κ2) is 15.6. The van der Waals surface area contributed by atoms with Gasteiger partial charge in [0, 0.05) is 12.8 Å². The van der Waals surface area contributed by atoms with Crippen LogP contribution in [0.2, 0.25) is 0 Å². The van der Waals surface area contributed by atoms with Crippen LogP contribution in [0.1, 0.15) is 25.3 Å². The number of fused-ring (bicyclic) bond motifs is 2. The van der Waals surface area contributed by atoms with Gasteiger partial charge in [-0.15, -0.1) is 0 Å². The smallest absolute Gasteiger partial charge is 0.345 e. The summed E-state index contributed by atoms with van der Waals surface area (Å²) in [6.07, 6.45) is -1.64. The molecule has 4 aromatic rings. The molecule has 6 heterocycles. The molecule has 4 unspecified atom stereocenters. The van der Waals surface area contributed by atoms with Crippen LogP contribution in [0.3, 0.4) is 0 Å². The summed E-state index contributed by atoms with van der Waals surface area (Å²) in [5.74, 6) is -3.13. The van der Waals surface area contributed by atoms with Crippen LogP contribution in [0.5, 0.6) is 0 Å². The van der Waals surface area contributed by atoms with Crippen molar-refractivity contribution < 1.29 is 79.8 Å². The first-order chi connectivity index (χ1) is 25.5. The molecule has 55 heavy (non-hydrogen) atoms. The lowest BCUT2D eigenvalue weighted by molar-refractivity contribution is -0.0395. The lowest BCUT2D eigenvalue weighted by Crippen LogP contribution is -2.26. The maximum atomic E-state index is 13.0. The number of nitrogens with zero attached hydrogens (tertiary/aromatic N) is 8. The highest BCUT2D eigenvalue weighted by Gasteiger charge is 2.44. The van der Waals surface area contributed by atoms with Crippen molar-refractivity contribution in [2.24, 2.45) is 0 Å². The summed E-state index contributed by atoms with van der Waals surface area (Å²) in [6, 6.07) is 0. The van der Waals surface area contributed by atoms with Gasteiger partial charge in [-0.2, -0.15) is 0 Å². The zero-order valence-corrected chi connectivity index (χ0v) is 31.6. The van der Waals surface area contributed by atoms with Crippen LogP contribution in [0.15, 0.2) is 25.3 Å². The molecule has 0 amide bonds. The fourth-order valence-corrected chi connectivity index (χ4v) is 13.8. The molecule has 2 aliphatic rings. The summed E-state index contributed by atoms with van der Waals surface area (Å²) in [7, 11) is -27.7. The minimum absolute atomic E-state index is 0.0361. The Morgan fingerprint density at radius 1 is 0.673 bits per heavy atom. The Kier molecular flexibility index (Phi) is 12.0. The van der Waals surface area contributed by atoms with Crippen LogP contribution >= 0.6 is 37.9 Å². The zero-order valence-electron chi connectivity index (χ0n) is 27.2. The summed E-state index contributed by atoms with van der Waals surface area (Å²) < 4.78 is 97.2. The van der Waals surface area contributed by atoms with Gasteiger partial charge >= 0.3 is 30.4 Å². The standard InChI is InChI=1S/C22H35BN10O17P5/c23-55(44,49-53(40,41)9-51(36,37)45-3-13-11(34)1-15(47-13)32-7-30-17-19(24)26-5-28-21(17)32)50-54(42,43)10-52(38,39)46-4-14-12(35)2-16(48-14)33-8-31-18-20(25)27-6-29-22(18)33/h5-8,11-16,34-35H,1-4,9-10H2,23H3,(H,36,37)(H,38,39)(H,40,41)(H,42,43)(H2,24,26,28)(H2,25,27,29)/q-1/t11-,12-,13+,14+,15+,16+/m0/s1. The van der Waals surface area contributed by atoms with Crippen molar-refractivity contribution in [3.05, 3.63) is 25.3 Å². The van der Waals surface area contributed by atoms with E-state index < -0.39 is 107 Å². The van der Waals surface area contributed by atoms with E-state index in [0.717, 1.165) is 0 Å². The fraction of sp³-hybridized carbons (Fsp3) is 0.545. The number of ether oxygens (including phenoxy) is 2. The van der Waals surface area contributed by atoms with Gasteiger partial charge in [-0.25, -0.2) is 29.9 Å². The van der Waals surface area contributed by atoms with Gasteiger partial charge in [-0.3, -0.25) is 36.0 Å². The van der Waals surface area contributed by atoms with Crippen molar-refractivity contribution in [3.63, 3.8) is 0 Å². The third-order valence-electron chi connectivity index (χ3n) is 7.79. The molecular formula is C22H35BN10O17P5-. The maximum absolute atomic E-state index is 13.0. The van der Waals surface area contributed by atoms with Crippen LogP contribution in [0, 0.1) is 0 Å². The number of rotatable bonds is 16. The van der Waals surface area contributed by atoms with Crippen molar-refractivity contribution in [1.29, 1.82) is 0 Å². The van der Waals surface area contributed by atoms with Crippen LogP contribution in [-0.4, -0.2) is 126 Å². The van der Waals surface area contributed by atoms with Gasteiger partial charge in [-0.05, 0) is 0 Å². The number of nitrogen functional groups attached to an aromatic ring is 2. The molecule has 0 saturated carbocycles. The molecule has 0 aromatic carbocycles. The highest BCUT2D eigenvalue weighted by molar-refractivity contribution is 7.89. The predicted molar refractivity (Wildman–Crippen MR) is 189 cm³/mol. The highest BCUT2D eigenvalue weighted by Crippen LogP contribution is 2.72. The van der Waals surface area contributed by atoms with E-state index in [9.17, 15) is 52.6 Å². The third kappa shape index (κ3) is 10.1. The molecule has 10 atom stereocenters. The van der Waals surface area contributed by atoms with Crippen LogP contribution in [0.25, 0.3) is 22.3 Å². The second-order valence-electron chi connectivity index (χ2n) is 11.8. The molecule has 33 heteroatoms. The Morgan fingerprint density at radius 3 is 1.44 bits per heavy atom. The predicted octanol–water partition coefficient (Wildman–Crippen LogP) is -0.676. The summed E-state index contributed by atoms with van der Waals surface area (Å²) in [4.78, 5) is 65.2. The largest absolute Gasteiger partial charge is 0.390 e. The van der Waals surface area contributed by atoms with Crippen molar-refractivity contribution in [3.8, 4) is 0 Å². The van der Waals surface area contributed by atoms with E-state index in [0.29, 0.717) is 0 Å². The lowest BCUT2D eigenvalue weighted by atomic mass is 10.2. The van der Waals surface area contributed by atoms with E-state index in [2.05, 4.69) is 38.5 Å². The van der Waals surface area contributed by atoms with E-state index in [1.807, 2.05) is 0 Å². The topological polar surface area (TPSA) is 401 Å². The van der Waals surface area contributed by atoms with Crippen molar-refractivity contribution in [2.75, 3.05) is 36.5 Å². The maximum Gasteiger partial charge on any atom is 0.345 e. The molecule has 0 spiro atoms. The SMILES string of the molecule is [BH3-]P(=O)(OP(=O)(O)CP(=O)(O)OC[C@H]1O[C@@H](n2cnc3c(N)ncnc32)C[C@@H]1O)OP(=O)(O)CP(=O)(O)OC[C@H]1O[C@@H](n2cnc3c(N)ncnc32)C[C@@H]1O. The Bertz CT molecular complexity index is 2160. The quantitative estimate of drug-likeness (QED) is 0.0511. The molecule has 4 aromatic heterocycles. The molecule has 27 nitrogen and oxygen atoms in total. The number of nitrogens with two attached hydrogens (primary N) is 2. The van der Waals surface area contributed by atoms with E-state index >= 15 is 0 Å². The molecule has 0 bridgehead atoms. The van der Waals surface area contributed by atoms with E-state index in [1.165, 1.54) is 34.4 Å². The number of imidazole rings is 2. The summed E-state index contributed by atoms with van der Waals surface area (Å²) in [5, 5.41) is 21.0. The van der Waals surface area contributed by atoms with Crippen LogP contribution in [0.4, 0.5) is 11.6 Å². The Morgan fingerprint density at radius 2 is 1.05 bits per heavy atom. The minimum Gasteiger partial charge on any atom is -0.390 e. The first kappa shape index (κ1) is 42.1. The van der Waals surface area contributed by atoms with Gasteiger partial charge in [0.05, 0.1) is 45.6 Å². The first-order valence-electron chi connectivity index (χ1n) is 15.2. The van der Waals surface area contributed by atoms with Crippen LogP contribution in [-0.2, 0) is 50.0 Å². The Balaban J connectivity index is 0.980. The number of anilines is 2. The van der Waals surface area contributed by atoms with Gasteiger partial charge < -0.3 is 64.3 Å². The first-order valence-corrected chi connectivity index (χ1v) is 23.3. The van der Waals surface area contributed by atoms with Gasteiger partial charge in [0.25, 0.3) is 0 Å². The number of aliphatic hydroxyl groups excluding tert-OH is 2. The van der Waals surface area contributed by atoms with Gasteiger partial charge in [0.15, 0.2) is 42.2 Å². The van der Waals surface area contributed by atoms with E-state index in [4.69, 9.17) is 30.0 Å². The lowest BCUT2D eigenvalue weighted by Gasteiger charge is -2.26. The Labute approximate surface area is 309 Å². The molecule has 6 rings (SSSR count). The minimum atomic E-state index is -5.38. The molecule has 2 aliphatic heterocycles. The monoisotopic (exact) mass is 877 g/mol. The second-order valence-corrected chi connectivity index (χ2v) is 21.5. The number of aliphatic hydroxyl groups is 2. The van der Waals surface area contributed by atoms with Crippen molar-refractivity contribution in [2.45, 2.75) is 49.7 Å². The van der Waals surface area contributed by atoms with Crippen molar-refractivity contribution >= 4 is 79.4 Å². The molecule has 10 N–H and O–H groups in total. The normalized spacial score (nSPS) is 28.7. The van der Waals surface area contributed by atoms with E-state index in [1.54, 1.807) is 0 Å². The highest BCUT2D eigenvalue weighted by atomic mass is 31.3. The average Bonchev–Trinajstić information content (AvgIpc) is 3.82. The number of hydrogen-bond donors (Lipinski definition) is 8. The zero-order chi connectivity index (χ0) is 40.1. The number of hydrogen-bond acceptors (Lipinski definition) is 21. The fourth-order valence-electron chi connectivity index (χ4n) is 5.42. The summed E-state index contributed by atoms with van der Waals surface area (Å²) in [5.41, 5.74) is 12.7. The summed E-state index contributed by atoms with van der Waals surface area (Å²) in [6.45, 7) is -1.52. The third-order valence-corrected chi connectivity index (χ3v) is 17.7. The van der Waals surface area contributed by atoms with Crippen molar-refractivity contribution in [1.82, 2.24) is 39.0 Å². The molecule has 304 valence electrons. The average molecular weight is 877 g/mol.